The van der Waals surface area contributed by atoms with E-state index >= 15 is 0 Å². The van der Waals surface area contributed by atoms with Crippen molar-refractivity contribution >= 4 is 0 Å². The van der Waals surface area contributed by atoms with Crippen molar-refractivity contribution in [2.24, 2.45) is 45.8 Å². The summed E-state index contributed by atoms with van der Waals surface area (Å²) in [5.41, 5.74) is 4.33. The van der Waals surface area contributed by atoms with Crippen LogP contribution >= 0.6 is 0 Å². The first-order valence-electron chi connectivity index (χ1n) is 19.4. The maximum atomic E-state index is 4.68. The highest BCUT2D eigenvalue weighted by atomic mass is 15.3. The van der Waals surface area contributed by atoms with E-state index in [1.54, 1.807) is 0 Å². The van der Waals surface area contributed by atoms with Gasteiger partial charge in [-0.15, -0.1) is 0 Å². The first kappa shape index (κ1) is 42.0. The Bertz CT molecular complexity index is 869. The molecule has 0 aromatic carbocycles. The fourth-order valence-corrected chi connectivity index (χ4v) is 9.71. The average molecular weight is 601 g/mol. The SMILES string of the molecule is C=C(Cn1cc(C)cn1)C1CCCC2C3CCC4CC[C@@](C)(CC)CCC4(C)C3CCC12C.CC.CC.CC.CC.CC. The van der Waals surface area contributed by atoms with Crippen LogP contribution in [0.3, 0.4) is 0 Å². The lowest BCUT2D eigenvalue weighted by atomic mass is 9.42. The van der Waals surface area contributed by atoms with Gasteiger partial charge in [0.15, 0.2) is 0 Å². The Morgan fingerprint density at radius 2 is 1.37 bits per heavy atom. The van der Waals surface area contributed by atoms with Gasteiger partial charge in [-0.3, -0.25) is 4.68 Å². The number of aromatic nitrogens is 2. The van der Waals surface area contributed by atoms with Gasteiger partial charge in [-0.05, 0) is 123 Å². The van der Waals surface area contributed by atoms with Gasteiger partial charge in [0.2, 0.25) is 0 Å². The second-order valence-electron chi connectivity index (χ2n) is 13.8. The Morgan fingerprint density at radius 3 is 1.93 bits per heavy atom. The third-order valence-corrected chi connectivity index (χ3v) is 12.1. The zero-order chi connectivity index (χ0) is 33.4. The van der Waals surface area contributed by atoms with Crippen LogP contribution in [-0.2, 0) is 6.54 Å². The summed E-state index contributed by atoms with van der Waals surface area (Å²) in [5.74, 6) is 4.48. The lowest BCUT2D eigenvalue weighted by Crippen LogP contribution is -2.55. The number of hydrogen-bond acceptors (Lipinski definition) is 1. The molecular formula is C41H80N2. The van der Waals surface area contributed by atoms with Crippen molar-refractivity contribution in [3.8, 4) is 0 Å². The smallest absolute Gasteiger partial charge is 0.0619 e. The standard InChI is InChI=1S/C31H50N2.5C2H6/c1-7-29(4)15-13-24-11-12-25-27-10-8-9-26(23(3)21-33-20-22(2)19-32-33)31(27,6)16-14-28(25)30(24,5)18-17-29;5*1-2/h19-20,24-28H,3,7-18,21H2,1-2,4-6H3;5*1-2H3/t24?,25?,26?,27?,28?,29-,30?,31?;;;;;/m1...../s1. The van der Waals surface area contributed by atoms with Crippen molar-refractivity contribution in [1.29, 1.82) is 0 Å². The van der Waals surface area contributed by atoms with Crippen LogP contribution in [0.5, 0.6) is 0 Å². The summed E-state index contributed by atoms with van der Waals surface area (Å²) in [7, 11) is 0. The topological polar surface area (TPSA) is 17.8 Å². The van der Waals surface area contributed by atoms with Gasteiger partial charge in [0.05, 0.1) is 12.7 Å². The molecule has 0 saturated heterocycles. The van der Waals surface area contributed by atoms with Crippen LogP contribution in [0.4, 0.5) is 0 Å². The Hall–Kier alpha value is -1.05. The van der Waals surface area contributed by atoms with Crippen LogP contribution in [0.1, 0.15) is 180 Å². The van der Waals surface area contributed by atoms with Crippen molar-refractivity contribution in [3.63, 3.8) is 0 Å². The largest absolute Gasteiger partial charge is 0.268 e. The average Bonchev–Trinajstić information content (AvgIpc) is 3.41. The van der Waals surface area contributed by atoms with E-state index in [0.29, 0.717) is 22.2 Å². The molecule has 0 radical (unpaired) electrons. The predicted octanol–water partition coefficient (Wildman–Crippen LogP) is 13.7. The molecule has 0 spiro atoms. The zero-order valence-corrected chi connectivity index (χ0v) is 32.3. The minimum Gasteiger partial charge on any atom is -0.268 e. The third kappa shape index (κ3) is 9.48. The highest BCUT2D eigenvalue weighted by molar-refractivity contribution is 5.15. The monoisotopic (exact) mass is 601 g/mol. The van der Waals surface area contributed by atoms with Crippen molar-refractivity contribution in [1.82, 2.24) is 9.78 Å². The first-order chi connectivity index (χ1) is 20.7. The summed E-state index contributed by atoms with van der Waals surface area (Å²) in [4.78, 5) is 0. The number of fused-ring (bicyclic) bond motifs is 5. The first-order valence-corrected chi connectivity index (χ1v) is 19.4. The molecule has 4 aliphatic carbocycles. The van der Waals surface area contributed by atoms with Crippen LogP contribution < -0.4 is 0 Å². The molecule has 0 amide bonds. The molecule has 4 aliphatic rings. The molecule has 43 heavy (non-hydrogen) atoms. The quantitative estimate of drug-likeness (QED) is 0.314. The molecule has 8 atom stereocenters. The van der Waals surface area contributed by atoms with E-state index in [1.165, 1.54) is 88.2 Å². The van der Waals surface area contributed by atoms with Gasteiger partial charge < -0.3 is 0 Å². The summed E-state index contributed by atoms with van der Waals surface area (Å²) in [6.07, 6.45) is 21.6. The van der Waals surface area contributed by atoms with E-state index in [0.717, 1.165) is 30.2 Å². The molecule has 0 N–H and O–H groups in total. The summed E-state index contributed by atoms with van der Waals surface area (Å²) >= 11 is 0. The molecule has 2 heteroatoms. The number of hydrogen-bond donors (Lipinski definition) is 0. The molecule has 2 nitrogen and oxygen atoms in total. The molecule has 1 aromatic rings. The highest BCUT2D eigenvalue weighted by Gasteiger charge is 2.59. The highest BCUT2D eigenvalue weighted by Crippen LogP contribution is 2.67. The van der Waals surface area contributed by atoms with Gasteiger partial charge in [0, 0.05) is 6.20 Å². The van der Waals surface area contributed by atoms with Crippen molar-refractivity contribution < 1.29 is 0 Å². The van der Waals surface area contributed by atoms with Crippen LogP contribution in [0.2, 0.25) is 0 Å². The second kappa shape index (κ2) is 20.2. The van der Waals surface area contributed by atoms with Crippen molar-refractivity contribution in [2.45, 2.75) is 187 Å². The summed E-state index contributed by atoms with van der Waals surface area (Å²) in [5, 5.41) is 4.58. The van der Waals surface area contributed by atoms with E-state index in [1.807, 2.05) is 75.4 Å². The molecule has 0 bridgehead atoms. The lowest BCUT2D eigenvalue weighted by molar-refractivity contribution is -0.127. The fraction of sp³-hybridized carbons (Fsp3) is 0.878. The Morgan fingerprint density at radius 1 is 0.767 bits per heavy atom. The fourth-order valence-electron chi connectivity index (χ4n) is 9.71. The number of aryl methyl sites for hydroxylation is 1. The van der Waals surface area contributed by atoms with E-state index < -0.39 is 0 Å². The van der Waals surface area contributed by atoms with Crippen LogP contribution in [-0.4, -0.2) is 9.78 Å². The van der Waals surface area contributed by atoms with Crippen molar-refractivity contribution in [2.75, 3.05) is 0 Å². The maximum Gasteiger partial charge on any atom is 0.0619 e. The van der Waals surface area contributed by atoms with Gasteiger partial charge in [0.25, 0.3) is 0 Å². The minimum atomic E-state index is 0.449. The number of rotatable bonds is 4. The summed E-state index contributed by atoms with van der Waals surface area (Å²) < 4.78 is 2.12. The number of allylic oxidation sites excluding steroid dienone is 1. The predicted molar refractivity (Wildman–Crippen MR) is 196 cm³/mol. The molecule has 1 aromatic heterocycles. The van der Waals surface area contributed by atoms with Gasteiger partial charge in [-0.1, -0.05) is 122 Å². The molecule has 5 rings (SSSR count). The van der Waals surface area contributed by atoms with E-state index in [9.17, 15) is 0 Å². The summed E-state index contributed by atoms with van der Waals surface area (Å²) in [6.45, 7) is 38.2. The van der Waals surface area contributed by atoms with Gasteiger partial charge in [0.1, 0.15) is 0 Å². The molecule has 4 saturated carbocycles. The molecule has 0 aliphatic heterocycles. The lowest BCUT2D eigenvalue weighted by Gasteiger charge is -2.63. The van der Waals surface area contributed by atoms with E-state index in [4.69, 9.17) is 0 Å². The Balaban J connectivity index is 0.00000161. The maximum absolute atomic E-state index is 4.68. The van der Waals surface area contributed by atoms with E-state index in [-0.39, 0.29) is 0 Å². The normalized spacial score (nSPS) is 35.6. The van der Waals surface area contributed by atoms with Gasteiger partial charge in [-0.25, -0.2) is 0 Å². The number of nitrogens with zero attached hydrogens (tertiary/aromatic N) is 2. The Labute approximate surface area is 272 Å². The summed E-state index contributed by atoms with van der Waals surface area (Å²) in [6, 6.07) is 0. The molecular weight excluding hydrogens is 520 g/mol. The van der Waals surface area contributed by atoms with Crippen molar-refractivity contribution in [3.05, 3.63) is 30.1 Å². The zero-order valence-electron chi connectivity index (χ0n) is 32.3. The molecule has 254 valence electrons. The molecule has 7 unspecified atom stereocenters. The van der Waals surface area contributed by atoms with Crippen LogP contribution in [0.15, 0.2) is 24.5 Å². The van der Waals surface area contributed by atoms with E-state index in [2.05, 4.69) is 57.2 Å². The molecule has 4 fully saturated rings. The van der Waals surface area contributed by atoms with Gasteiger partial charge in [-0.2, -0.15) is 5.10 Å². The molecule has 1 heterocycles. The minimum absolute atomic E-state index is 0.449. The van der Waals surface area contributed by atoms with Crippen LogP contribution in [0, 0.1) is 52.8 Å². The van der Waals surface area contributed by atoms with Crippen LogP contribution in [0.25, 0.3) is 0 Å². The Kier molecular flexibility index (Phi) is 19.7. The third-order valence-electron chi connectivity index (χ3n) is 12.1. The van der Waals surface area contributed by atoms with Gasteiger partial charge >= 0.3 is 0 Å². The second-order valence-corrected chi connectivity index (χ2v) is 13.8.